The fraction of sp³-hybridized carbons (Fsp3) is 0.227. The van der Waals surface area contributed by atoms with Crippen molar-refractivity contribution in [3.05, 3.63) is 65.4 Å². The number of fused-ring (bicyclic) bond motifs is 4. The molecule has 0 fully saturated rings. The molecule has 5 rings (SSSR count). The van der Waals surface area contributed by atoms with Gasteiger partial charge in [-0.15, -0.1) is 0 Å². The second-order valence-electron chi connectivity index (χ2n) is 6.83. The van der Waals surface area contributed by atoms with E-state index in [-0.39, 0.29) is 0 Å². The van der Waals surface area contributed by atoms with E-state index in [0.717, 1.165) is 22.4 Å². The summed E-state index contributed by atoms with van der Waals surface area (Å²) >= 11 is 0. The van der Waals surface area contributed by atoms with Crippen LogP contribution >= 0.6 is 0 Å². The predicted molar refractivity (Wildman–Crippen MR) is 98.3 cm³/mol. The van der Waals surface area contributed by atoms with Crippen molar-refractivity contribution in [1.29, 1.82) is 0 Å². The summed E-state index contributed by atoms with van der Waals surface area (Å²) in [7, 11) is 0. The summed E-state index contributed by atoms with van der Waals surface area (Å²) in [6, 6.07) is 15.1. The Morgan fingerprint density at radius 2 is 1.75 bits per heavy atom. The molecule has 118 valence electrons. The van der Waals surface area contributed by atoms with Gasteiger partial charge in [-0.2, -0.15) is 0 Å². The minimum absolute atomic E-state index is 0.903. The van der Waals surface area contributed by atoms with Crippen LogP contribution in [0.5, 0.6) is 0 Å². The summed E-state index contributed by atoms with van der Waals surface area (Å²) in [5.74, 6) is 0. The zero-order valence-corrected chi connectivity index (χ0v) is 13.8. The van der Waals surface area contributed by atoms with E-state index < -0.39 is 0 Å². The van der Waals surface area contributed by atoms with Gasteiger partial charge in [-0.05, 0) is 68.0 Å². The summed E-state index contributed by atoms with van der Waals surface area (Å²) in [6.45, 7) is 2.11. The average Bonchev–Trinajstić information content (AvgIpc) is 2.97. The Morgan fingerprint density at radius 3 is 2.58 bits per heavy atom. The summed E-state index contributed by atoms with van der Waals surface area (Å²) in [4.78, 5) is 4.62. The Morgan fingerprint density at radius 1 is 0.917 bits per heavy atom. The molecule has 2 heterocycles. The summed E-state index contributed by atoms with van der Waals surface area (Å²) in [5.41, 5.74) is 8.13. The average molecular weight is 313 g/mol. The molecule has 2 aromatic heterocycles. The van der Waals surface area contributed by atoms with Gasteiger partial charge >= 0.3 is 0 Å². The molecule has 2 heteroatoms. The van der Waals surface area contributed by atoms with Crippen LogP contribution in [-0.2, 0) is 12.8 Å². The van der Waals surface area contributed by atoms with Crippen molar-refractivity contribution in [2.75, 3.05) is 0 Å². The van der Waals surface area contributed by atoms with Crippen molar-refractivity contribution in [3.63, 3.8) is 0 Å². The van der Waals surface area contributed by atoms with Crippen LogP contribution < -0.4 is 0 Å². The van der Waals surface area contributed by atoms with Crippen LogP contribution in [0.4, 0.5) is 0 Å². The third kappa shape index (κ3) is 2.06. The molecule has 4 aromatic rings. The number of benzene rings is 2. The Kier molecular flexibility index (Phi) is 2.99. The highest BCUT2D eigenvalue weighted by atomic mass is 16.3. The van der Waals surface area contributed by atoms with Crippen molar-refractivity contribution in [3.8, 4) is 11.3 Å². The van der Waals surface area contributed by atoms with E-state index in [2.05, 4.69) is 54.4 Å². The lowest BCUT2D eigenvalue weighted by molar-refractivity contribution is 0.659. The quantitative estimate of drug-likeness (QED) is 0.441. The molecular formula is C22H19NO. The molecule has 0 N–H and O–H groups in total. The molecule has 0 saturated carbocycles. The van der Waals surface area contributed by atoms with Crippen LogP contribution in [0.1, 0.15) is 29.5 Å². The third-order valence-corrected chi connectivity index (χ3v) is 5.14. The largest absolute Gasteiger partial charge is 0.454 e. The topological polar surface area (TPSA) is 26.0 Å². The normalized spacial score (nSPS) is 14.2. The number of pyridine rings is 1. The molecule has 0 radical (unpaired) electrons. The summed E-state index contributed by atoms with van der Waals surface area (Å²) < 4.78 is 6.28. The summed E-state index contributed by atoms with van der Waals surface area (Å²) in [5, 5.41) is 2.40. The predicted octanol–water partition coefficient (Wildman–Crippen LogP) is 5.84. The van der Waals surface area contributed by atoms with Gasteiger partial charge < -0.3 is 4.42 Å². The smallest absolute Gasteiger partial charge is 0.161 e. The van der Waals surface area contributed by atoms with Crippen molar-refractivity contribution < 1.29 is 4.42 Å². The van der Waals surface area contributed by atoms with Gasteiger partial charge in [-0.3, -0.25) is 4.98 Å². The molecular weight excluding hydrogens is 294 g/mol. The minimum Gasteiger partial charge on any atom is -0.454 e. The highest BCUT2D eigenvalue weighted by molar-refractivity contribution is 6.09. The molecule has 24 heavy (non-hydrogen) atoms. The van der Waals surface area contributed by atoms with E-state index in [1.165, 1.54) is 53.1 Å². The Labute approximate surface area is 141 Å². The standard InChI is InChI=1S/C22H19NO/c1-14-5-4-8-17(11-14)21-22-18(9-10-23-21)19-12-15-6-2-3-7-16(15)13-20(19)24-22/h4-5,8-13H,2-3,6-7H2,1H3. The monoisotopic (exact) mass is 313 g/mol. The first-order valence-corrected chi connectivity index (χ1v) is 8.70. The maximum Gasteiger partial charge on any atom is 0.161 e. The van der Waals surface area contributed by atoms with Crippen LogP contribution in [-0.4, -0.2) is 4.98 Å². The van der Waals surface area contributed by atoms with E-state index in [1.54, 1.807) is 0 Å². The molecule has 2 aromatic carbocycles. The molecule has 0 aliphatic heterocycles. The Hall–Kier alpha value is -2.61. The van der Waals surface area contributed by atoms with E-state index >= 15 is 0 Å². The van der Waals surface area contributed by atoms with Crippen molar-refractivity contribution in [2.24, 2.45) is 0 Å². The number of rotatable bonds is 1. The molecule has 0 saturated heterocycles. The lowest BCUT2D eigenvalue weighted by Gasteiger charge is -2.14. The van der Waals surface area contributed by atoms with Gasteiger partial charge in [0, 0.05) is 22.5 Å². The molecule has 1 aliphatic rings. The fourth-order valence-electron chi connectivity index (χ4n) is 3.93. The second-order valence-corrected chi connectivity index (χ2v) is 6.83. The zero-order chi connectivity index (χ0) is 16.1. The van der Waals surface area contributed by atoms with Crippen LogP contribution in [0.25, 0.3) is 33.2 Å². The lowest BCUT2D eigenvalue weighted by Crippen LogP contribution is -2.01. The Balaban J connectivity index is 1.81. The molecule has 0 atom stereocenters. The Bertz CT molecular complexity index is 1070. The maximum atomic E-state index is 6.28. The first kappa shape index (κ1) is 13.8. The number of hydrogen-bond acceptors (Lipinski definition) is 2. The third-order valence-electron chi connectivity index (χ3n) is 5.14. The van der Waals surface area contributed by atoms with Gasteiger partial charge in [-0.1, -0.05) is 23.8 Å². The molecule has 0 spiro atoms. The van der Waals surface area contributed by atoms with Gasteiger partial charge in [0.05, 0.1) is 0 Å². The number of aromatic nitrogens is 1. The van der Waals surface area contributed by atoms with E-state index in [9.17, 15) is 0 Å². The molecule has 0 amide bonds. The minimum atomic E-state index is 0.903. The lowest BCUT2D eigenvalue weighted by atomic mass is 9.90. The maximum absolute atomic E-state index is 6.28. The van der Waals surface area contributed by atoms with Gasteiger partial charge in [0.2, 0.25) is 0 Å². The first-order valence-electron chi connectivity index (χ1n) is 8.70. The van der Waals surface area contributed by atoms with Crippen molar-refractivity contribution in [2.45, 2.75) is 32.6 Å². The molecule has 0 unspecified atom stereocenters. The van der Waals surface area contributed by atoms with Crippen LogP contribution in [0.15, 0.2) is 53.1 Å². The van der Waals surface area contributed by atoms with Crippen LogP contribution in [0, 0.1) is 6.92 Å². The van der Waals surface area contributed by atoms with Gasteiger partial charge in [-0.25, -0.2) is 0 Å². The SMILES string of the molecule is Cc1cccc(-c2nccc3c2oc2cc4c(cc23)CCCC4)c1. The summed E-state index contributed by atoms with van der Waals surface area (Å²) in [6.07, 6.45) is 6.84. The van der Waals surface area contributed by atoms with Gasteiger partial charge in [0.1, 0.15) is 11.3 Å². The highest BCUT2D eigenvalue weighted by Gasteiger charge is 2.17. The molecule has 2 nitrogen and oxygen atoms in total. The van der Waals surface area contributed by atoms with Crippen LogP contribution in [0.2, 0.25) is 0 Å². The zero-order valence-electron chi connectivity index (χ0n) is 13.8. The molecule has 0 bridgehead atoms. The number of nitrogens with zero attached hydrogens (tertiary/aromatic N) is 1. The number of furan rings is 1. The second kappa shape index (κ2) is 5.20. The fourth-order valence-corrected chi connectivity index (χ4v) is 3.93. The van der Waals surface area contributed by atoms with Crippen molar-refractivity contribution >= 4 is 21.9 Å². The van der Waals surface area contributed by atoms with Crippen molar-refractivity contribution in [1.82, 2.24) is 4.98 Å². The number of aryl methyl sites for hydroxylation is 3. The highest BCUT2D eigenvalue weighted by Crippen LogP contribution is 2.37. The van der Waals surface area contributed by atoms with E-state index in [0.29, 0.717) is 0 Å². The van der Waals surface area contributed by atoms with Gasteiger partial charge in [0.25, 0.3) is 0 Å². The first-order chi connectivity index (χ1) is 11.8. The number of hydrogen-bond donors (Lipinski definition) is 0. The molecule has 1 aliphatic carbocycles. The van der Waals surface area contributed by atoms with E-state index in [1.807, 2.05) is 6.20 Å². The van der Waals surface area contributed by atoms with Crippen LogP contribution in [0.3, 0.4) is 0 Å². The van der Waals surface area contributed by atoms with Gasteiger partial charge in [0.15, 0.2) is 5.58 Å². The van der Waals surface area contributed by atoms with E-state index in [4.69, 9.17) is 4.42 Å².